The number of rotatable bonds is 12. The molecule has 0 amide bonds. The van der Waals surface area contributed by atoms with Gasteiger partial charge in [-0.15, -0.1) is 0 Å². The lowest BCUT2D eigenvalue weighted by Gasteiger charge is -2.14. The number of allylic oxidation sites excluding steroid dienone is 2. The molecule has 3 aromatic rings. The van der Waals surface area contributed by atoms with E-state index in [0.717, 1.165) is 16.7 Å². The average molecular weight is 505 g/mol. The molecule has 37 heavy (non-hydrogen) atoms. The highest BCUT2D eigenvalue weighted by Crippen LogP contribution is 2.39. The van der Waals surface area contributed by atoms with Crippen LogP contribution in [0.15, 0.2) is 60.7 Å². The first-order valence-corrected chi connectivity index (χ1v) is 11.6. The fraction of sp³-hybridized carbons (Fsp3) is 0.233. The standard InChI is InChI=1S/C30H32O7/c1-32-25-13-8-7-11-23(25)24(31)12-9-10-21-18-26(33-2)27(34-3)19-22(21)15-14-20-16-28(35-4)30(37-6)29(17-20)36-5/h7-9,11-19H,10H2,1-6H3/b12-9-,15-14-. The number of hydrogen-bond acceptors (Lipinski definition) is 7. The van der Waals surface area contributed by atoms with E-state index in [4.69, 9.17) is 28.4 Å². The molecule has 7 nitrogen and oxygen atoms in total. The Morgan fingerprint density at radius 1 is 0.676 bits per heavy atom. The predicted octanol–water partition coefficient (Wildman–Crippen LogP) is 5.89. The molecule has 0 radical (unpaired) electrons. The highest BCUT2D eigenvalue weighted by atomic mass is 16.5. The third kappa shape index (κ3) is 6.44. The van der Waals surface area contributed by atoms with E-state index in [9.17, 15) is 4.79 Å². The van der Waals surface area contributed by atoms with Crippen molar-refractivity contribution in [1.29, 1.82) is 0 Å². The Morgan fingerprint density at radius 2 is 1.27 bits per heavy atom. The van der Waals surface area contributed by atoms with Gasteiger partial charge in [0.25, 0.3) is 0 Å². The summed E-state index contributed by atoms with van der Waals surface area (Å²) in [5.74, 6) is 3.26. The van der Waals surface area contributed by atoms with Crippen LogP contribution in [0.2, 0.25) is 0 Å². The van der Waals surface area contributed by atoms with Crippen LogP contribution in [0.4, 0.5) is 0 Å². The molecule has 0 aliphatic rings. The molecule has 0 aromatic heterocycles. The van der Waals surface area contributed by atoms with Gasteiger partial charge in [0.1, 0.15) is 5.75 Å². The minimum absolute atomic E-state index is 0.132. The molecule has 0 spiro atoms. The number of carbonyl (C=O) groups is 1. The maximum Gasteiger partial charge on any atom is 0.203 e. The first-order chi connectivity index (χ1) is 18.0. The first kappa shape index (κ1) is 27.2. The van der Waals surface area contributed by atoms with Gasteiger partial charge in [-0.25, -0.2) is 0 Å². The number of carbonyl (C=O) groups excluding carboxylic acids is 1. The van der Waals surface area contributed by atoms with Crippen molar-refractivity contribution >= 4 is 17.9 Å². The maximum absolute atomic E-state index is 12.7. The van der Waals surface area contributed by atoms with Gasteiger partial charge in [0.15, 0.2) is 28.8 Å². The van der Waals surface area contributed by atoms with Gasteiger partial charge in [-0.1, -0.05) is 30.4 Å². The SMILES string of the molecule is COc1cc(/C=C\c2cc(OC)c(OC)c(OC)c2)c(C/C=C\C(=O)c2ccccc2OC)cc1OC. The van der Waals surface area contributed by atoms with Gasteiger partial charge >= 0.3 is 0 Å². The average Bonchev–Trinajstić information content (AvgIpc) is 2.95. The van der Waals surface area contributed by atoms with Crippen LogP contribution < -0.4 is 28.4 Å². The molecule has 0 aliphatic carbocycles. The van der Waals surface area contributed by atoms with Crippen LogP contribution >= 0.6 is 0 Å². The minimum Gasteiger partial charge on any atom is -0.496 e. The molecular weight excluding hydrogens is 472 g/mol. The van der Waals surface area contributed by atoms with Gasteiger partial charge in [-0.2, -0.15) is 0 Å². The molecule has 3 aromatic carbocycles. The van der Waals surface area contributed by atoms with E-state index in [1.807, 2.05) is 54.6 Å². The van der Waals surface area contributed by atoms with Crippen LogP contribution in [-0.2, 0) is 6.42 Å². The fourth-order valence-corrected chi connectivity index (χ4v) is 3.88. The molecule has 0 fully saturated rings. The highest BCUT2D eigenvalue weighted by Gasteiger charge is 2.13. The monoisotopic (exact) mass is 504 g/mol. The number of benzene rings is 3. The van der Waals surface area contributed by atoms with E-state index < -0.39 is 0 Å². The Labute approximate surface area is 217 Å². The zero-order chi connectivity index (χ0) is 26.8. The van der Waals surface area contributed by atoms with E-state index in [1.54, 1.807) is 60.9 Å². The Balaban J connectivity index is 1.95. The number of hydrogen-bond donors (Lipinski definition) is 0. The van der Waals surface area contributed by atoms with Crippen molar-refractivity contribution in [3.8, 4) is 34.5 Å². The van der Waals surface area contributed by atoms with Gasteiger partial charge in [0.05, 0.1) is 48.2 Å². The van der Waals surface area contributed by atoms with Crippen LogP contribution in [0, 0.1) is 0 Å². The van der Waals surface area contributed by atoms with Crippen molar-refractivity contribution in [2.75, 3.05) is 42.7 Å². The second kappa shape index (κ2) is 13.1. The van der Waals surface area contributed by atoms with Crippen molar-refractivity contribution in [1.82, 2.24) is 0 Å². The van der Waals surface area contributed by atoms with Gasteiger partial charge in [-0.05, 0) is 65.6 Å². The quantitative estimate of drug-likeness (QED) is 0.173. The Morgan fingerprint density at radius 3 is 1.86 bits per heavy atom. The van der Waals surface area contributed by atoms with Gasteiger partial charge in [0.2, 0.25) is 5.75 Å². The van der Waals surface area contributed by atoms with Crippen molar-refractivity contribution in [2.45, 2.75) is 6.42 Å². The van der Waals surface area contributed by atoms with E-state index in [0.29, 0.717) is 46.5 Å². The summed E-state index contributed by atoms with van der Waals surface area (Å²) in [6.07, 6.45) is 7.79. The van der Waals surface area contributed by atoms with Gasteiger partial charge in [-0.3, -0.25) is 4.79 Å². The van der Waals surface area contributed by atoms with Crippen molar-refractivity contribution < 1.29 is 33.2 Å². The second-order valence-electron chi connectivity index (χ2n) is 7.87. The number of ether oxygens (including phenoxy) is 6. The third-order valence-corrected chi connectivity index (χ3v) is 5.77. The molecule has 0 saturated carbocycles. The molecule has 7 heteroatoms. The van der Waals surface area contributed by atoms with E-state index in [-0.39, 0.29) is 5.78 Å². The van der Waals surface area contributed by atoms with Gasteiger partial charge in [0, 0.05) is 0 Å². The topological polar surface area (TPSA) is 72.5 Å². The van der Waals surface area contributed by atoms with Crippen LogP contribution in [0.5, 0.6) is 34.5 Å². The molecule has 194 valence electrons. The predicted molar refractivity (Wildman–Crippen MR) is 145 cm³/mol. The van der Waals surface area contributed by atoms with Crippen LogP contribution in [0.3, 0.4) is 0 Å². The number of para-hydroxylation sites is 1. The van der Waals surface area contributed by atoms with Crippen LogP contribution in [0.1, 0.15) is 27.0 Å². The smallest absolute Gasteiger partial charge is 0.203 e. The van der Waals surface area contributed by atoms with E-state index >= 15 is 0 Å². The van der Waals surface area contributed by atoms with Crippen molar-refractivity contribution in [3.63, 3.8) is 0 Å². The van der Waals surface area contributed by atoms with E-state index in [1.165, 1.54) is 0 Å². The molecule has 0 heterocycles. The lowest BCUT2D eigenvalue weighted by Crippen LogP contribution is -1.99. The summed E-state index contributed by atoms with van der Waals surface area (Å²) in [6.45, 7) is 0. The normalized spacial score (nSPS) is 11.0. The first-order valence-electron chi connectivity index (χ1n) is 11.6. The Hall–Kier alpha value is -4.39. The number of methoxy groups -OCH3 is 6. The molecular formula is C30H32O7. The molecule has 0 aliphatic heterocycles. The lowest BCUT2D eigenvalue weighted by atomic mass is 10.0. The summed E-state index contributed by atoms with van der Waals surface area (Å²) in [4.78, 5) is 12.7. The Bertz CT molecular complexity index is 1270. The van der Waals surface area contributed by atoms with Gasteiger partial charge < -0.3 is 28.4 Å². The zero-order valence-corrected chi connectivity index (χ0v) is 22.0. The molecule has 0 atom stereocenters. The summed E-state index contributed by atoms with van der Waals surface area (Å²) >= 11 is 0. The molecule has 0 bridgehead atoms. The zero-order valence-electron chi connectivity index (χ0n) is 22.0. The van der Waals surface area contributed by atoms with Crippen LogP contribution in [-0.4, -0.2) is 48.4 Å². The maximum atomic E-state index is 12.7. The molecule has 0 N–H and O–H groups in total. The summed E-state index contributed by atoms with van der Waals surface area (Å²) in [5.41, 5.74) is 3.22. The molecule has 0 unspecified atom stereocenters. The summed E-state index contributed by atoms with van der Waals surface area (Å²) < 4.78 is 32.7. The molecule has 0 saturated heterocycles. The number of ketones is 1. The molecule has 3 rings (SSSR count). The largest absolute Gasteiger partial charge is 0.496 e. The fourth-order valence-electron chi connectivity index (χ4n) is 3.88. The van der Waals surface area contributed by atoms with Crippen LogP contribution in [0.25, 0.3) is 12.2 Å². The summed E-state index contributed by atoms with van der Waals surface area (Å²) in [6, 6.07) is 14.7. The van der Waals surface area contributed by atoms with Crippen molar-refractivity contribution in [3.05, 3.63) is 82.9 Å². The van der Waals surface area contributed by atoms with E-state index in [2.05, 4.69) is 0 Å². The lowest BCUT2D eigenvalue weighted by molar-refractivity contribution is 0.104. The summed E-state index contributed by atoms with van der Waals surface area (Å²) in [7, 11) is 9.46. The minimum atomic E-state index is -0.132. The van der Waals surface area contributed by atoms with Crippen molar-refractivity contribution in [2.24, 2.45) is 0 Å². The summed E-state index contributed by atoms with van der Waals surface area (Å²) in [5, 5.41) is 0. The highest BCUT2D eigenvalue weighted by molar-refractivity contribution is 6.06. The second-order valence-corrected chi connectivity index (χ2v) is 7.87. The third-order valence-electron chi connectivity index (χ3n) is 5.77. The Kier molecular flexibility index (Phi) is 9.61.